The fourth-order valence-electron chi connectivity index (χ4n) is 5.66. The van der Waals surface area contributed by atoms with Gasteiger partial charge in [0.15, 0.2) is 0 Å². The summed E-state index contributed by atoms with van der Waals surface area (Å²) >= 11 is 1.10. The van der Waals surface area contributed by atoms with Crippen LogP contribution in [0.2, 0.25) is 0 Å². The van der Waals surface area contributed by atoms with Gasteiger partial charge in [-0.25, -0.2) is 18.2 Å². The van der Waals surface area contributed by atoms with Crippen LogP contribution in [0.1, 0.15) is 20.0 Å². The van der Waals surface area contributed by atoms with Crippen LogP contribution in [0.15, 0.2) is 77.8 Å². The first-order valence-electron chi connectivity index (χ1n) is 16.3. The number of anilines is 3. The Morgan fingerprint density at radius 3 is 2.42 bits per heavy atom. The zero-order valence-electron chi connectivity index (χ0n) is 28.0. The van der Waals surface area contributed by atoms with Gasteiger partial charge in [-0.3, -0.25) is 14.0 Å². The Bertz CT molecular complexity index is 1890. The average Bonchev–Trinajstić information content (AvgIpc) is 3.63. The van der Waals surface area contributed by atoms with Crippen molar-refractivity contribution in [2.24, 2.45) is 0 Å². The molecular formula is C35H40N6O7S2. The number of ether oxygens (including phenoxy) is 3. The molecule has 2 aliphatic heterocycles. The van der Waals surface area contributed by atoms with Crippen LogP contribution in [-0.2, 0) is 19.5 Å². The van der Waals surface area contributed by atoms with Crippen molar-refractivity contribution in [3.63, 3.8) is 0 Å². The first-order chi connectivity index (χ1) is 24.2. The van der Waals surface area contributed by atoms with Crippen molar-refractivity contribution >= 4 is 50.4 Å². The highest BCUT2D eigenvalue weighted by atomic mass is 32.2. The van der Waals surface area contributed by atoms with E-state index in [4.69, 9.17) is 14.2 Å². The number of carbonyl (C=O) groups excluding carboxylic acids is 2. The average molecular weight is 721 g/mol. The van der Waals surface area contributed by atoms with Crippen LogP contribution in [0.3, 0.4) is 0 Å². The number of benzene rings is 2. The molecule has 2 aliphatic rings. The number of hydrogen-bond acceptors (Lipinski definition) is 12. The predicted octanol–water partition coefficient (Wildman–Crippen LogP) is 3.79. The number of nitrogens with zero attached hydrogens (tertiary/aromatic N) is 4. The van der Waals surface area contributed by atoms with E-state index in [2.05, 4.69) is 25.4 Å². The Morgan fingerprint density at radius 2 is 1.72 bits per heavy atom. The third-order valence-corrected chi connectivity index (χ3v) is 11.7. The number of rotatable bonds is 12. The Morgan fingerprint density at radius 1 is 1.00 bits per heavy atom. The maximum Gasteiger partial charge on any atom is 0.337 e. The second kappa shape index (κ2) is 16.0. The zero-order valence-corrected chi connectivity index (χ0v) is 29.6. The van der Waals surface area contributed by atoms with Crippen LogP contribution in [0.25, 0.3) is 10.4 Å². The van der Waals surface area contributed by atoms with Crippen LogP contribution in [0.5, 0.6) is 5.75 Å². The number of carbonyl (C=O) groups is 2. The summed E-state index contributed by atoms with van der Waals surface area (Å²) in [7, 11) is -1.46. The van der Waals surface area contributed by atoms with E-state index in [0.29, 0.717) is 39.7 Å². The van der Waals surface area contributed by atoms with Gasteiger partial charge in [-0.1, -0.05) is 0 Å². The maximum absolute atomic E-state index is 14.3. The van der Waals surface area contributed by atoms with Gasteiger partial charge < -0.3 is 29.7 Å². The van der Waals surface area contributed by atoms with Gasteiger partial charge in [0.25, 0.3) is 15.9 Å². The number of morpholine rings is 1. The van der Waals surface area contributed by atoms with Crippen molar-refractivity contribution in [2.75, 3.05) is 94.3 Å². The van der Waals surface area contributed by atoms with Gasteiger partial charge in [0.1, 0.15) is 23.1 Å². The second-order valence-corrected chi connectivity index (χ2v) is 14.7. The molecule has 50 heavy (non-hydrogen) atoms. The topological polar surface area (TPSA) is 143 Å². The molecule has 15 heteroatoms. The molecule has 0 atom stereocenters. The summed E-state index contributed by atoms with van der Waals surface area (Å²) in [6.07, 6.45) is 1.66. The van der Waals surface area contributed by atoms with E-state index in [-0.39, 0.29) is 9.77 Å². The molecule has 0 unspecified atom stereocenters. The lowest BCUT2D eigenvalue weighted by Crippen LogP contribution is -2.43. The molecule has 4 aromatic rings. The molecule has 2 N–H and O–H groups in total. The fourth-order valence-corrected chi connectivity index (χ4v) is 8.44. The minimum Gasteiger partial charge on any atom is -0.492 e. The molecule has 0 spiro atoms. The lowest BCUT2D eigenvalue weighted by Gasteiger charge is -2.28. The third kappa shape index (κ3) is 8.25. The summed E-state index contributed by atoms with van der Waals surface area (Å²) < 4.78 is 45.7. The molecule has 1 amide bonds. The highest BCUT2D eigenvalue weighted by molar-refractivity contribution is 7.93. The number of thiophene rings is 1. The molecule has 6 rings (SSSR count). The van der Waals surface area contributed by atoms with Crippen molar-refractivity contribution in [3.8, 4) is 16.2 Å². The quantitative estimate of drug-likeness (QED) is 0.207. The number of pyridine rings is 1. The van der Waals surface area contributed by atoms with Crippen molar-refractivity contribution in [1.82, 2.24) is 15.2 Å². The number of sulfonamides is 1. The summed E-state index contributed by atoms with van der Waals surface area (Å²) in [5.74, 6) is 0.441. The molecular weight excluding hydrogens is 681 g/mol. The first-order valence-corrected chi connectivity index (χ1v) is 18.6. The molecule has 13 nitrogen and oxygen atoms in total. The van der Waals surface area contributed by atoms with Gasteiger partial charge in [-0.05, 0) is 72.3 Å². The van der Waals surface area contributed by atoms with Gasteiger partial charge in [0.2, 0.25) is 0 Å². The largest absolute Gasteiger partial charge is 0.492 e. The summed E-state index contributed by atoms with van der Waals surface area (Å²) in [5.41, 5.74) is 1.80. The lowest BCUT2D eigenvalue weighted by molar-refractivity contribution is 0.0322. The van der Waals surface area contributed by atoms with E-state index >= 15 is 0 Å². The maximum atomic E-state index is 14.3. The molecule has 0 saturated carbocycles. The van der Waals surface area contributed by atoms with Crippen LogP contribution >= 0.6 is 11.3 Å². The summed E-state index contributed by atoms with van der Waals surface area (Å²) in [5, 5.41) is 6.22. The van der Waals surface area contributed by atoms with Crippen LogP contribution in [-0.4, -0.2) is 110 Å². The standard InChI is InChI=1S/C35H40N6O7S2/c1-39(28-7-3-25(4-8-28)35(43)46-2)50(44,45)31-24-30(49-33(31)26-11-12-37-32(23-26)41-15-13-36-14-16-41)34(42)38-27-5-9-29(10-6-27)48-22-19-40-17-20-47-21-18-40/h3-12,23-24,36H,13-22H2,1-2H3,(H,38,42). The summed E-state index contributed by atoms with van der Waals surface area (Å²) in [4.78, 5) is 35.2. The number of methoxy groups -OCH3 is 1. The summed E-state index contributed by atoms with van der Waals surface area (Å²) in [6.45, 7) is 7.75. The van der Waals surface area contributed by atoms with Crippen LogP contribution < -0.4 is 24.6 Å². The second-order valence-electron chi connectivity index (χ2n) is 11.7. The van der Waals surface area contributed by atoms with Gasteiger partial charge in [-0.2, -0.15) is 0 Å². The molecule has 4 heterocycles. The zero-order chi connectivity index (χ0) is 35.1. The van der Waals surface area contributed by atoms with Crippen molar-refractivity contribution in [2.45, 2.75) is 4.90 Å². The Kier molecular flexibility index (Phi) is 11.3. The highest BCUT2D eigenvalue weighted by Crippen LogP contribution is 2.39. The van der Waals surface area contributed by atoms with Crippen molar-refractivity contribution in [1.29, 1.82) is 0 Å². The first kappa shape index (κ1) is 35.3. The van der Waals surface area contributed by atoms with Gasteiger partial charge in [0, 0.05) is 64.7 Å². The van der Waals surface area contributed by atoms with E-state index in [1.807, 2.05) is 6.07 Å². The van der Waals surface area contributed by atoms with Gasteiger partial charge >= 0.3 is 5.97 Å². The normalized spacial score (nSPS) is 15.4. The Hall–Kier alpha value is -4.54. The predicted molar refractivity (Wildman–Crippen MR) is 193 cm³/mol. The van der Waals surface area contributed by atoms with Crippen LogP contribution in [0.4, 0.5) is 17.2 Å². The molecule has 2 aromatic carbocycles. The van der Waals surface area contributed by atoms with E-state index in [0.717, 1.165) is 80.5 Å². The SMILES string of the molecule is COC(=O)c1ccc(N(C)S(=O)(=O)c2cc(C(=O)Nc3ccc(OCCN4CCOCC4)cc3)sc2-c2ccnc(N3CCNCC3)c2)cc1. The summed E-state index contributed by atoms with van der Waals surface area (Å²) in [6, 6.07) is 18.2. The van der Waals surface area contributed by atoms with E-state index in [9.17, 15) is 18.0 Å². The monoisotopic (exact) mass is 720 g/mol. The Balaban J connectivity index is 1.25. The molecule has 2 saturated heterocycles. The molecule has 0 aliphatic carbocycles. The lowest BCUT2D eigenvalue weighted by atomic mass is 10.2. The molecule has 0 radical (unpaired) electrons. The molecule has 0 bridgehead atoms. The smallest absolute Gasteiger partial charge is 0.337 e. The molecule has 2 aromatic heterocycles. The van der Waals surface area contributed by atoms with Gasteiger partial charge in [-0.15, -0.1) is 11.3 Å². The number of aromatic nitrogens is 1. The minimum absolute atomic E-state index is 0.0197. The number of amides is 1. The number of esters is 1. The van der Waals surface area contributed by atoms with E-state index < -0.39 is 21.9 Å². The number of nitrogens with one attached hydrogen (secondary N) is 2. The third-order valence-electron chi connectivity index (χ3n) is 8.55. The highest BCUT2D eigenvalue weighted by Gasteiger charge is 2.30. The Labute approximate surface area is 295 Å². The van der Waals surface area contributed by atoms with Crippen LogP contribution in [0, 0.1) is 0 Å². The van der Waals surface area contributed by atoms with E-state index in [1.54, 1.807) is 36.5 Å². The molecule has 264 valence electrons. The van der Waals surface area contributed by atoms with E-state index in [1.165, 1.54) is 44.5 Å². The fraction of sp³-hybridized carbons (Fsp3) is 0.343. The number of hydrogen-bond donors (Lipinski definition) is 2. The minimum atomic E-state index is -4.18. The molecule has 2 fully saturated rings. The van der Waals surface area contributed by atoms with Crippen molar-refractivity contribution < 1.29 is 32.2 Å². The number of piperazine rings is 1. The van der Waals surface area contributed by atoms with Gasteiger partial charge in [0.05, 0.1) is 41.3 Å². The van der Waals surface area contributed by atoms with Crippen molar-refractivity contribution in [3.05, 3.63) is 83.4 Å².